The van der Waals surface area contributed by atoms with E-state index < -0.39 is 0 Å². The van der Waals surface area contributed by atoms with Crippen LogP contribution in [0.25, 0.3) is 0 Å². The number of allylic oxidation sites excluding steroid dienone is 2. The number of likely N-dealkylation sites (tertiary alicyclic amines) is 1. The second-order valence-electron chi connectivity index (χ2n) is 7.40. The molecule has 24 heavy (non-hydrogen) atoms. The molecule has 0 aromatic carbocycles. The zero-order valence-electron chi connectivity index (χ0n) is 16.2. The van der Waals surface area contributed by atoms with Crippen molar-refractivity contribution in [3.63, 3.8) is 0 Å². The van der Waals surface area contributed by atoms with Crippen molar-refractivity contribution >= 4 is 5.91 Å². The summed E-state index contributed by atoms with van der Waals surface area (Å²) in [5, 5.41) is 0. The molecule has 1 fully saturated rings. The summed E-state index contributed by atoms with van der Waals surface area (Å²) < 4.78 is 0. The predicted molar refractivity (Wildman–Crippen MR) is 105 cm³/mol. The van der Waals surface area contributed by atoms with Gasteiger partial charge in [0, 0.05) is 19.5 Å². The highest BCUT2D eigenvalue weighted by Crippen LogP contribution is 2.14. The topological polar surface area (TPSA) is 20.3 Å². The van der Waals surface area contributed by atoms with Crippen LogP contribution in [-0.4, -0.2) is 23.9 Å². The van der Waals surface area contributed by atoms with Crippen LogP contribution >= 0.6 is 0 Å². The molecule has 1 rings (SSSR count). The van der Waals surface area contributed by atoms with Gasteiger partial charge in [0.25, 0.3) is 0 Å². The molecule has 0 radical (unpaired) electrons. The van der Waals surface area contributed by atoms with Gasteiger partial charge in [-0.1, -0.05) is 76.9 Å². The molecular formula is C22H41NO. The summed E-state index contributed by atoms with van der Waals surface area (Å²) in [5.74, 6) is 0.401. The molecule has 1 amide bonds. The van der Waals surface area contributed by atoms with Crippen LogP contribution in [0, 0.1) is 0 Å². The van der Waals surface area contributed by atoms with Crippen molar-refractivity contribution < 1.29 is 4.79 Å². The molecule has 0 saturated carbocycles. The minimum Gasteiger partial charge on any atom is -0.343 e. The summed E-state index contributed by atoms with van der Waals surface area (Å²) in [5.41, 5.74) is 0. The fourth-order valence-electron chi connectivity index (χ4n) is 3.54. The van der Waals surface area contributed by atoms with Crippen LogP contribution in [0.1, 0.15) is 110 Å². The predicted octanol–water partition coefficient (Wildman–Crippen LogP) is 6.65. The average Bonchev–Trinajstić information content (AvgIpc) is 3.13. The third-order valence-electron chi connectivity index (χ3n) is 5.12. The summed E-state index contributed by atoms with van der Waals surface area (Å²) in [6, 6.07) is 0. The van der Waals surface area contributed by atoms with Crippen LogP contribution in [0.2, 0.25) is 0 Å². The van der Waals surface area contributed by atoms with Gasteiger partial charge in [0.1, 0.15) is 0 Å². The minimum atomic E-state index is 0.401. The summed E-state index contributed by atoms with van der Waals surface area (Å²) >= 11 is 0. The second-order valence-corrected chi connectivity index (χ2v) is 7.40. The molecule has 1 aliphatic heterocycles. The Morgan fingerprint density at radius 3 is 1.79 bits per heavy atom. The lowest BCUT2D eigenvalue weighted by Gasteiger charge is -2.14. The van der Waals surface area contributed by atoms with Crippen LogP contribution in [-0.2, 0) is 4.79 Å². The van der Waals surface area contributed by atoms with Gasteiger partial charge in [-0.3, -0.25) is 4.79 Å². The second kappa shape index (κ2) is 15.7. The zero-order chi connectivity index (χ0) is 17.3. The Morgan fingerprint density at radius 2 is 1.25 bits per heavy atom. The maximum Gasteiger partial charge on any atom is 0.222 e. The molecule has 0 bridgehead atoms. The summed E-state index contributed by atoms with van der Waals surface area (Å²) in [7, 11) is 0. The van der Waals surface area contributed by atoms with E-state index in [1.165, 1.54) is 89.9 Å². The quantitative estimate of drug-likeness (QED) is 0.242. The molecule has 0 aromatic rings. The standard InChI is InChI=1S/C22H41NO/c1-2-3-4-5-6-7-8-9-10-11-12-13-14-15-16-19-22(24)23-20-17-18-21-23/h3-4H,2,5-21H2,1H3. The van der Waals surface area contributed by atoms with E-state index in [9.17, 15) is 4.79 Å². The number of nitrogens with zero attached hydrogens (tertiary/aromatic N) is 1. The van der Waals surface area contributed by atoms with Gasteiger partial charge in [0.15, 0.2) is 0 Å². The first-order chi connectivity index (χ1) is 11.8. The van der Waals surface area contributed by atoms with Gasteiger partial charge < -0.3 is 4.90 Å². The monoisotopic (exact) mass is 335 g/mol. The fraction of sp³-hybridized carbons (Fsp3) is 0.864. The highest BCUT2D eigenvalue weighted by Gasteiger charge is 2.16. The van der Waals surface area contributed by atoms with Crippen LogP contribution in [0.3, 0.4) is 0 Å². The summed E-state index contributed by atoms with van der Waals surface area (Å²) in [4.78, 5) is 14.0. The van der Waals surface area contributed by atoms with Gasteiger partial charge in [0.05, 0.1) is 0 Å². The Hall–Kier alpha value is -0.790. The van der Waals surface area contributed by atoms with E-state index in [0.29, 0.717) is 5.91 Å². The van der Waals surface area contributed by atoms with Crippen molar-refractivity contribution in [2.45, 2.75) is 110 Å². The van der Waals surface area contributed by atoms with Gasteiger partial charge >= 0.3 is 0 Å². The smallest absolute Gasteiger partial charge is 0.222 e. The average molecular weight is 336 g/mol. The Labute approximate surface area is 151 Å². The van der Waals surface area contributed by atoms with E-state index in [1.807, 2.05) is 0 Å². The molecule has 0 spiro atoms. The third kappa shape index (κ3) is 11.7. The first-order valence-corrected chi connectivity index (χ1v) is 10.8. The maximum absolute atomic E-state index is 11.9. The Balaban J connectivity index is 1.73. The number of carbonyl (C=O) groups excluding carboxylic acids is 1. The highest BCUT2D eigenvalue weighted by molar-refractivity contribution is 5.76. The van der Waals surface area contributed by atoms with Crippen LogP contribution < -0.4 is 0 Å². The fourth-order valence-corrected chi connectivity index (χ4v) is 3.54. The molecule has 140 valence electrons. The molecule has 0 atom stereocenters. The molecule has 1 aliphatic rings. The van der Waals surface area contributed by atoms with Crippen LogP contribution in [0.4, 0.5) is 0 Å². The number of hydrogen-bond acceptors (Lipinski definition) is 1. The van der Waals surface area contributed by atoms with Gasteiger partial charge in [-0.15, -0.1) is 0 Å². The molecule has 1 heterocycles. The van der Waals surface area contributed by atoms with E-state index in [1.54, 1.807) is 0 Å². The number of hydrogen-bond donors (Lipinski definition) is 0. The van der Waals surface area contributed by atoms with Crippen molar-refractivity contribution in [3.8, 4) is 0 Å². The lowest BCUT2D eigenvalue weighted by atomic mass is 10.0. The van der Waals surface area contributed by atoms with Crippen molar-refractivity contribution in [1.29, 1.82) is 0 Å². The lowest BCUT2D eigenvalue weighted by Crippen LogP contribution is -2.27. The lowest BCUT2D eigenvalue weighted by molar-refractivity contribution is -0.130. The number of amides is 1. The van der Waals surface area contributed by atoms with Crippen LogP contribution in [0.15, 0.2) is 12.2 Å². The van der Waals surface area contributed by atoms with E-state index in [0.717, 1.165) is 25.9 Å². The van der Waals surface area contributed by atoms with Gasteiger partial charge in [-0.2, -0.15) is 0 Å². The number of unbranched alkanes of at least 4 members (excludes halogenated alkanes) is 11. The minimum absolute atomic E-state index is 0.401. The Kier molecular flexibility index (Phi) is 13.9. The molecule has 0 N–H and O–H groups in total. The Morgan fingerprint density at radius 1 is 0.750 bits per heavy atom. The van der Waals surface area contributed by atoms with Crippen molar-refractivity contribution in [2.75, 3.05) is 13.1 Å². The molecule has 1 saturated heterocycles. The normalized spacial score (nSPS) is 14.8. The van der Waals surface area contributed by atoms with Crippen molar-refractivity contribution in [3.05, 3.63) is 12.2 Å². The number of rotatable bonds is 15. The SMILES string of the molecule is CCC=CCCCCCCCCCCCCCC(=O)N1CCCC1. The summed E-state index contributed by atoms with van der Waals surface area (Å²) in [6.45, 7) is 4.22. The van der Waals surface area contributed by atoms with Crippen molar-refractivity contribution in [1.82, 2.24) is 4.90 Å². The molecule has 0 aromatic heterocycles. The summed E-state index contributed by atoms with van der Waals surface area (Å²) in [6.07, 6.45) is 25.1. The molecule has 2 nitrogen and oxygen atoms in total. The largest absolute Gasteiger partial charge is 0.343 e. The van der Waals surface area contributed by atoms with Gasteiger partial charge in [0.2, 0.25) is 5.91 Å². The first kappa shape index (κ1) is 21.3. The molecule has 0 aliphatic carbocycles. The van der Waals surface area contributed by atoms with E-state index in [-0.39, 0.29) is 0 Å². The van der Waals surface area contributed by atoms with Crippen molar-refractivity contribution in [2.24, 2.45) is 0 Å². The number of carbonyl (C=O) groups is 1. The van der Waals surface area contributed by atoms with E-state index in [2.05, 4.69) is 24.0 Å². The maximum atomic E-state index is 11.9. The van der Waals surface area contributed by atoms with Gasteiger partial charge in [-0.05, 0) is 38.5 Å². The molecule has 2 heteroatoms. The first-order valence-electron chi connectivity index (χ1n) is 10.8. The van der Waals surface area contributed by atoms with Gasteiger partial charge in [-0.25, -0.2) is 0 Å². The Bertz CT molecular complexity index is 318. The van der Waals surface area contributed by atoms with E-state index in [4.69, 9.17) is 0 Å². The van der Waals surface area contributed by atoms with Crippen LogP contribution in [0.5, 0.6) is 0 Å². The zero-order valence-corrected chi connectivity index (χ0v) is 16.2. The third-order valence-corrected chi connectivity index (χ3v) is 5.12. The molecular weight excluding hydrogens is 294 g/mol. The van der Waals surface area contributed by atoms with E-state index >= 15 is 0 Å². The molecule has 0 unspecified atom stereocenters. The highest BCUT2D eigenvalue weighted by atomic mass is 16.2.